The highest BCUT2D eigenvalue weighted by molar-refractivity contribution is 5.89. The number of aliphatic carboxylic acids is 2. The van der Waals surface area contributed by atoms with Crippen molar-refractivity contribution in [3.8, 4) is 17.7 Å². The Morgan fingerprint density at radius 2 is 1.73 bits per heavy atom. The van der Waals surface area contributed by atoms with E-state index < -0.39 is 11.9 Å². The van der Waals surface area contributed by atoms with E-state index in [1.807, 2.05) is 33.2 Å². The molecule has 0 spiro atoms. The first-order valence-electron chi connectivity index (χ1n) is 14.6. The maximum Gasteiger partial charge on any atom is 0.328 e. The number of ether oxygens (including phenoxy) is 1. The summed E-state index contributed by atoms with van der Waals surface area (Å²) in [6, 6.07) is 20.1. The number of hydrogen-bond donors (Lipinski definition) is 3. The number of pyridine rings is 1. The first-order valence-corrected chi connectivity index (χ1v) is 14.6. The molecule has 1 fully saturated rings. The minimum Gasteiger partial charge on any atom is -0.478 e. The van der Waals surface area contributed by atoms with Crippen molar-refractivity contribution in [2.75, 3.05) is 27.2 Å². The standard InChI is InChI=1S/C28H28N4O2.C4H4O4.C2H7N/c1-20-26(33-27-12-8-23(17-29)18-30-27)11-9-24-25(31-34-28(20)24)10-7-21-13-15-32(16-14-21)19-22-5-3-2-4-6-22;5-3(6)1-2-4(7)8;1-3-2/h2-6,8-9,11-12,18,21H,7,10,13-16,19H2,1H3;1-2H,(H,5,6)(H,7,8);3H,1-2H3. The van der Waals surface area contributed by atoms with Gasteiger partial charge < -0.3 is 24.8 Å². The van der Waals surface area contributed by atoms with Crippen molar-refractivity contribution in [3.05, 3.63) is 95.3 Å². The van der Waals surface area contributed by atoms with Crippen LogP contribution in [0.3, 0.4) is 0 Å². The van der Waals surface area contributed by atoms with Crippen LogP contribution in [0.4, 0.5) is 0 Å². The van der Waals surface area contributed by atoms with Crippen LogP contribution in [-0.4, -0.2) is 64.4 Å². The average molecular weight is 614 g/mol. The molecule has 0 unspecified atom stereocenters. The number of carboxylic acids is 2. The van der Waals surface area contributed by atoms with Crippen molar-refractivity contribution in [3.63, 3.8) is 0 Å². The second-order valence-corrected chi connectivity index (χ2v) is 10.5. The number of carboxylic acid groups (broad SMARTS) is 2. The van der Waals surface area contributed by atoms with Gasteiger partial charge in [-0.25, -0.2) is 14.6 Å². The zero-order chi connectivity index (χ0) is 32.6. The van der Waals surface area contributed by atoms with Gasteiger partial charge in [-0.15, -0.1) is 0 Å². The number of nitriles is 1. The van der Waals surface area contributed by atoms with Gasteiger partial charge in [0.05, 0.1) is 11.3 Å². The zero-order valence-corrected chi connectivity index (χ0v) is 25.8. The minimum atomic E-state index is -1.26. The Bertz CT molecular complexity index is 1570. The molecule has 2 aromatic heterocycles. The molecule has 1 aliphatic rings. The summed E-state index contributed by atoms with van der Waals surface area (Å²) < 4.78 is 11.6. The summed E-state index contributed by atoms with van der Waals surface area (Å²) in [5.74, 6) is -0.664. The number of aromatic nitrogens is 2. The summed E-state index contributed by atoms with van der Waals surface area (Å²) in [7, 11) is 3.75. The summed E-state index contributed by atoms with van der Waals surface area (Å²) in [6.45, 7) is 5.33. The van der Waals surface area contributed by atoms with Crippen molar-refractivity contribution < 1.29 is 29.1 Å². The molecule has 1 saturated heterocycles. The quantitative estimate of drug-likeness (QED) is 0.202. The number of hydrogen-bond acceptors (Lipinski definition) is 9. The van der Waals surface area contributed by atoms with Gasteiger partial charge in [0.25, 0.3) is 0 Å². The monoisotopic (exact) mass is 613 g/mol. The third kappa shape index (κ3) is 11.2. The van der Waals surface area contributed by atoms with Crippen LogP contribution in [0.5, 0.6) is 11.6 Å². The number of fused-ring (bicyclic) bond motifs is 1. The third-order valence-electron chi connectivity index (χ3n) is 7.11. The zero-order valence-electron chi connectivity index (χ0n) is 25.8. The first kappa shape index (κ1) is 34.4. The predicted molar refractivity (Wildman–Crippen MR) is 170 cm³/mol. The van der Waals surface area contributed by atoms with Gasteiger partial charge in [0, 0.05) is 41.9 Å². The van der Waals surface area contributed by atoms with Gasteiger partial charge in [0.15, 0.2) is 5.58 Å². The number of rotatable bonds is 9. The van der Waals surface area contributed by atoms with E-state index in [0.29, 0.717) is 29.3 Å². The number of benzene rings is 2. The summed E-state index contributed by atoms with van der Waals surface area (Å²) >= 11 is 0. The van der Waals surface area contributed by atoms with E-state index in [2.05, 4.69) is 56.8 Å². The lowest BCUT2D eigenvalue weighted by molar-refractivity contribution is -0.134. The lowest BCUT2D eigenvalue weighted by Crippen LogP contribution is -2.33. The first-order chi connectivity index (χ1) is 21.7. The van der Waals surface area contributed by atoms with E-state index in [-0.39, 0.29) is 0 Å². The highest BCUT2D eigenvalue weighted by atomic mass is 16.5. The molecule has 0 atom stereocenters. The molecule has 5 rings (SSSR count). The molecule has 236 valence electrons. The summed E-state index contributed by atoms with van der Waals surface area (Å²) in [5, 5.41) is 32.7. The van der Waals surface area contributed by atoms with E-state index in [0.717, 1.165) is 60.6 Å². The topological polar surface area (TPSA) is 162 Å². The fourth-order valence-electron chi connectivity index (χ4n) is 4.84. The maximum atomic E-state index is 9.55. The highest BCUT2D eigenvalue weighted by Gasteiger charge is 2.21. The number of aryl methyl sites for hydroxylation is 2. The fraction of sp³-hybridized carbons (Fsp3) is 0.324. The van der Waals surface area contributed by atoms with Gasteiger partial charge in [0.2, 0.25) is 5.88 Å². The number of carbonyl (C=O) groups is 2. The molecule has 0 bridgehead atoms. The number of nitrogens with zero attached hydrogens (tertiary/aromatic N) is 4. The second-order valence-electron chi connectivity index (χ2n) is 10.5. The molecule has 4 aromatic rings. The molecule has 2 aromatic carbocycles. The van der Waals surface area contributed by atoms with Crippen molar-refractivity contribution >= 4 is 22.9 Å². The molecule has 0 radical (unpaired) electrons. The molecular weight excluding hydrogens is 574 g/mol. The Balaban J connectivity index is 0.000000434. The minimum absolute atomic E-state index is 0.444. The van der Waals surface area contributed by atoms with Gasteiger partial charge in [-0.2, -0.15) is 5.26 Å². The maximum absolute atomic E-state index is 9.55. The largest absolute Gasteiger partial charge is 0.478 e. The van der Waals surface area contributed by atoms with E-state index >= 15 is 0 Å². The van der Waals surface area contributed by atoms with Crippen LogP contribution in [-0.2, 0) is 22.6 Å². The predicted octanol–water partition coefficient (Wildman–Crippen LogP) is 5.59. The molecule has 0 saturated carbocycles. The number of nitrogens with one attached hydrogen (secondary N) is 1. The Kier molecular flexibility index (Phi) is 13.7. The SMILES string of the molecule is CNC.Cc1c(Oc2ccc(C#N)cn2)ccc2c(CCC3CCN(Cc4ccccc4)CC3)noc12.O=C(O)C=CC(=O)O. The molecule has 45 heavy (non-hydrogen) atoms. The second kappa shape index (κ2) is 17.9. The van der Waals surface area contributed by atoms with Crippen LogP contribution in [0.2, 0.25) is 0 Å². The molecule has 11 nitrogen and oxygen atoms in total. The normalized spacial score (nSPS) is 13.3. The Morgan fingerprint density at radius 3 is 2.31 bits per heavy atom. The van der Waals surface area contributed by atoms with Crippen molar-refractivity contribution in [2.45, 2.75) is 39.2 Å². The van der Waals surface area contributed by atoms with Gasteiger partial charge in [-0.1, -0.05) is 35.5 Å². The number of likely N-dealkylation sites (tertiary alicyclic amines) is 1. The summed E-state index contributed by atoms with van der Waals surface area (Å²) in [6.07, 6.45) is 7.14. The van der Waals surface area contributed by atoms with Gasteiger partial charge in [-0.3, -0.25) is 4.90 Å². The Morgan fingerprint density at radius 1 is 1.07 bits per heavy atom. The van der Waals surface area contributed by atoms with Crippen molar-refractivity contribution in [1.82, 2.24) is 20.4 Å². The summed E-state index contributed by atoms with van der Waals surface area (Å²) in [5.41, 5.74) is 4.58. The Hall–Kier alpha value is -5.05. The molecule has 11 heteroatoms. The lowest BCUT2D eigenvalue weighted by atomic mass is 9.91. The molecule has 3 N–H and O–H groups in total. The van der Waals surface area contributed by atoms with Gasteiger partial charge in [0.1, 0.15) is 11.8 Å². The van der Waals surface area contributed by atoms with E-state index in [1.54, 1.807) is 12.1 Å². The van der Waals surface area contributed by atoms with Crippen LogP contribution in [0, 0.1) is 24.2 Å². The molecule has 3 heterocycles. The lowest BCUT2D eigenvalue weighted by Gasteiger charge is -2.31. The third-order valence-corrected chi connectivity index (χ3v) is 7.11. The van der Waals surface area contributed by atoms with Crippen molar-refractivity contribution in [1.29, 1.82) is 5.26 Å². The Labute approximate surface area is 262 Å². The molecule has 1 aliphatic heterocycles. The van der Waals surface area contributed by atoms with Gasteiger partial charge in [-0.05, 0) is 89.5 Å². The highest BCUT2D eigenvalue weighted by Crippen LogP contribution is 2.33. The van der Waals surface area contributed by atoms with Crippen LogP contribution in [0.15, 0.2) is 77.5 Å². The summed E-state index contributed by atoms with van der Waals surface area (Å²) in [4.78, 5) is 25.9. The van der Waals surface area contributed by atoms with E-state index in [1.165, 1.54) is 24.6 Å². The van der Waals surface area contributed by atoms with Gasteiger partial charge >= 0.3 is 11.9 Å². The molecular formula is C34H39N5O6. The van der Waals surface area contributed by atoms with Crippen LogP contribution < -0.4 is 10.1 Å². The van der Waals surface area contributed by atoms with Crippen LogP contribution in [0.1, 0.15) is 41.6 Å². The van der Waals surface area contributed by atoms with E-state index in [9.17, 15) is 9.59 Å². The smallest absolute Gasteiger partial charge is 0.328 e. The fourth-order valence-corrected chi connectivity index (χ4v) is 4.84. The molecule has 0 amide bonds. The number of piperidine rings is 1. The molecule has 0 aliphatic carbocycles. The van der Waals surface area contributed by atoms with E-state index in [4.69, 9.17) is 24.7 Å². The average Bonchev–Trinajstić information content (AvgIpc) is 3.46. The van der Waals surface area contributed by atoms with Crippen molar-refractivity contribution in [2.24, 2.45) is 5.92 Å². The van der Waals surface area contributed by atoms with Crippen LogP contribution >= 0.6 is 0 Å². The van der Waals surface area contributed by atoms with Crippen LogP contribution in [0.25, 0.3) is 11.0 Å².